The van der Waals surface area contributed by atoms with Gasteiger partial charge in [0.25, 0.3) is 0 Å². The second-order valence-corrected chi connectivity index (χ2v) is 29.4. The molecular formula is C80H98N2O4S2. The molecule has 0 atom stereocenters. The Morgan fingerprint density at radius 2 is 0.864 bits per heavy atom. The summed E-state index contributed by atoms with van der Waals surface area (Å²) in [6.45, 7) is 23.5. The predicted octanol–water partition coefficient (Wildman–Crippen LogP) is 23.3. The molecule has 7 aromatic carbocycles. The lowest BCUT2D eigenvalue weighted by Gasteiger charge is -2.29. The number of nitrogens with one attached hydrogen (secondary N) is 2. The highest BCUT2D eigenvalue weighted by atomic mass is 32.2. The van der Waals surface area contributed by atoms with Gasteiger partial charge in [0, 0.05) is 42.1 Å². The summed E-state index contributed by atoms with van der Waals surface area (Å²) in [5, 5.41) is 7.33. The molecule has 2 saturated carbocycles. The van der Waals surface area contributed by atoms with Crippen molar-refractivity contribution in [3.8, 4) is 22.6 Å². The fraction of sp³-hybridized carbons (Fsp3) is 0.450. The highest BCUT2D eigenvalue weighted by Gasteiger charge is 2.39. The molecule has 0 radical (unpaired) electrons. The number of benzene rings is 7. The van der Waals surface area contributed by atoms with Crippen LogP contribution in [0.3, 0.4) is 0 Å². The Morgan fingerprint density at radius 3 is 1.31 bits per heavy atom. The first-order chi connectivity index (χ1) is 42.6. The van der Waals surface area contributed by atoms with Gasteiger partial charge >= 0.3 is 0 Å². The van der Waals surface area contributed by atoms with Gasteiger partial charge in [-0.1, -0.05) is 185 Å². The quantitative estimate of drug-likeness (QED) is 0.0520. The van der Waals surface area contributed by atoms with Crippen LogP contribution in [-0.4, -0.2) is 24.8 Å². The van der Waals surface area contributed by atoms with Gasteiger partial charge < -0.3 is 20.1 Å². The number of unbranched alkanes of at least 4 members (excludes halogenated alkanes) is 5. The molecule has 0 bridgehead atoms. The van der Waals surface area contributed by atoms with E-state index in [0.717, 1.165) is 120 Å². The fourth-order valence-electron chi connectivity index (χ4n) is 13.9. The molecule has 0 heterocycles. The molecule has 10 rings (SSSR count). The van der Waals surface area contributed by atoms with Crippen molar-refractivity contribution in [1.82, 2.24) is 0 Å². The van der Waals surface area contributed by atoms with Crippen molar-refractivity contribution in [3.05, 3.63) is 177 Å². The zero-order valence-corrected chi connectivity index (χ0v) is 56.3. The fourth-order valence-corrected chi connectivity index (χ4v) is 15.8. The number of aryl methyl sites for hydroxylation is 5. The standard InChI is InChI=1S/C80H98N2O4S2/c1-11-14-17-20-57-22-26-59(27-23-57)50-85-78-52(4)46-62(47-53(78)5)61-32-38-66(39-33-61)87-70-44-45-71(88-67-40-34-63(35-41-67)80(8,9)10)75-74(70)76(83)72-68(81-64-36-30-56(31-37-64)19-16-13-3)42-43-69(73(72)77(75)84)82-65-48-54(6)79(55(7)49-65)86-51-60-28-24-58(25-29-60)21-18-15-12-2/h30-49,57-60,81-82H,11-29,50-51H2,1-10H3. The highest BCUT2D eigenvalue weighted by Crippen LogP contribution is 2.48. The average Bonchev–Trinajstić information content (AvgIpc) is 0.856. The molecule has 0 aromatic heterocycles. The number of anilines is 4. The Labute approximate surface area is 537 Å². The van der Waals surface area contributed by atoms with Gasteiger partial charge in [0.05, 0.1) is 35.7 Å². The first kappa shape index (κ1) is 64.8. The van der Waals surface area contributed by atoms with Crippen molar-refractivity contribution in [2.45, 2.75) is 216 Å². The molecule has 0 saturated heterocycles. The molecular weight excluding hydrogens is 1120 g/mol. The normalized spacial score (nSPS) is 17.6. The molecule has 464 valence electrons. The molecule has 8 heteroatoms. The van der Waals surface area contributed by atoms with E-state index in [-0.39, 0.29) is 17.0 Å². The number of rotatable bonds is 26. The molecule has 0 unspecified atom stereocenters. The summed E-state index contributed by atoms with van der Waals surface area (Å²) in [7, 11) is 0. The maximum absolute atomic E-state index is 16.1. The zero-order chi connectivity index (χ0) is 61.9. The molecule has 0 spiro atoms. The van der Waals surface area contributed by atoms with Crippen LogP contribution in [-0.2, 0) is 11.8 Å². The van der Waals surface area contributed by atoms with E-state index in [4.69, 9.17) is 9.47 Å². The number of carbonyl (C=O) groups excluding carboxylic acids is 2. The Morgan fingerprint density at radius 1 is 0.443 bits per heavy atom. The van der Waals surface area contributed by atoms with Crippen LogP contribution in [0.4, 0.5) is 22.7 Å². The lowest BCUT2D eigenvalue weighted by molar-refractivity contribution is 0.0976. The molecule has 3 aliphatic carbocycles. The van der Waals surface area contributed by atoms with Gasteiger partial charge in [-0.15, -0.1) is 0 Å². The molecule has 2 fully saturated rings. The van der Waals surface area contributed by atoms with Crippen molar-refractivity contribution < 1.29 is 19.1 Å². The minimum atomic E-state index is -0.186. The summed E-state index contributed by atoms with van der Waals surface area (Å²) < 4.78 is 13.3. The van der Waals surface area contributed by atoms with Crippen LogP contribution in [0, 0.1) is 51.4 Å². The summed E-state index contributed by atoms with van der Waals surface area (Å²) in [6.07, 6.45) is 24.3. The van der Waals surface area contributed by atoms with Crippen molar-refractivity contribution in [1.29, 1.82) is 0 Å². The number of ether oxygens (including phenoxy) is 2. The van der Waals surface area contributed by atoms with Crippen LogP contribution < -0.4 is 20.1 Å². The minimum absolute atomic E-state index is 0.0158. The van der Waals surface area contributed by atoms with Gasteiger partial charge in [-0.2, -0.15) is 0 Å². The third kappa shape index (κ3) is 16.0. The summed E-state index contributed by atoms with van der Waals surface area (Å²) in [4.78, 5) is 35.7. The van der Waals surface area contributed by atoms with Crippen LogP contribution >= 0.6 is 23.5 Å². The Bertz CT molecular complexity index is 3460. The minimum Gasteiger partial charge on any atom is -0.493 e. The van der Waals surface area contributed by atoms with Crippen molar-refractivity contribution in [2.75, 3.05) is 23.8 Å². The summed E-state index contributed by atoms with van der Waals surface area (Å²) in [6, 6.07) is 42.5. The second kappa shape index (κ2) is 30.1. The maximum Gasteiger partial charge on any atom is 0.197 e. The van der Waals surface area contributed by atoms with Crippen LogP contribution in [0.1, 0.15) is 222 Å². The molecule has 0 aliphatic heterocycles. The molecule has 2 N–H and O–H groups in total. The topological polar surface area (TPSA) is 76.7 Å². The van der Waals surface area contributed by atoms with E-state index >= 15 is 9.59 Å². The van der Waals surface area contributed by atoms with Crippen molar-refractivity contribution in [2.24, 2.45) is 23.7 Å². The summed E-state index contributed by atoms with van der Waals surface area (Å²) >= 11 is 3.07. The van der Waals surface area contributed by atoms with Gasteiger partial charge in [0.1, 0.15) is 11.5 Å². The van der Waals surface area contributed by atoms with Gasteiger partial charge in [0.15, 0.2) is 11.6 Å². The Balaban J connectivity index is 0.952. The van der Waals surface area contributed by atoms with E-state index in [0.29, 0.717) is 45.5 Å². The monoisotopic (exact) mass is 1210 g/mol. The second-order valence-electron chi connectivity index (χ2n) is 27.2. The largest absolute Gasteiger partial charge is 0.493 e. The number of hydrogen-bond acceptors (Lipinski definition) is 8. The highest BCUT2D eigenvalue weighted by molar-refractivity contribution is 8.00. The first-order valence-electron chi connectivity index (χ1n) is 33.7. The van der Waals surface area contributed by atoms with Crippen LogP contribution in [0.2, 0.25) is 0 Å². The first-order valence-corrected chi connectivity index (χ1v) is 35.3. The number of hydrogen-bond donors (Lipinski definition) is 2. The van der Waals surface area contributed by atoms with Crippen LogP contribution in [0.5, 0.6) is 11.5 Å². The van der Waals surface area contributed by atoms with Gasteiger partial charge in [-0.25, -0.2) is 0 Å². The van der Waals surface area contributed by atoms with E-state index < -0.39 is 0 Å². The molecule has 88 heavy (non-hydrogen) atoms. The lowest BCUT2D eigenvalue weighted by atomic mass is 9.80. The maximum atomic E-state index is 16.1. The van der Waals surface area contributed by atoms with Gasteiger partial charge in [-0.3, -0.25) is 9.59 Å². The van der Waals surface area contributed by atoms with E-state index in [1.165, 1.54) is 137 Å². The molecule has 6 nitrogen and oxygen atoms in total. The predicted molar refractivity (Wildman–Crippen MR) is 372 cm³/mol. The van der Waals surface area contributed by atoms with Crippen molar-refractivity contribution in [3.63, 3.8) is 0 Å². The molecule has 0 amide bonds. The number of ketones is 2. The summed E-state index contributed by atoms with van der Waals surface area (Å²) in [5.41, 5.74) is 13.6. The Hall–Kier alpha value is -6.22. The third-order valence-electron chi connectivity index (χ3n) is 19.1. The average molecular weight is 1220 g/mol. The van der Waals surface area contributed by atoms with Crippen LogP contribution in [0.25, 0.3) is 11.1 Å². The summed E-state index contributed by atoms with van der Waals surface area (Å²) in [5.74, 6) is 4.51. The van der Waals surface area contributed by atoms with E-state index in [1.807, 2.05) is 24.3 Å². The SMILES string of the molecule is CCCCCC1CCC(COc2c(C)cc(Nc3ccc(Nc4ccc(CCCC)cc4)c4c3C(=O)c3c(Sc5ccc(C(C)(C)C)cc5)ccc(Sc5ccc(-c6cc(C)c(OCC7CCC(CCCCC)CC7)c(C)c6)cc5)c3C4=O)cc2C)CC1. The van der Waals surface area contributed by atoms with Gasteiger partial charge in [-0.05, 0) is 225 Å². The third-order valence-corrected chi connectivity index (χ3v) is 21.3. The van der Waals surface area contributed by atoms with E-state index in [2.05, 4.69) is 177 Å². The van der Waals surface area contributed by atoms with Crippen molar-refractivity contribution >= 4 is 57.8 Å². The van der Waals surface area contributed by atoms with Crippen LogP contribution in [0.15, 0.2) is 141 Å². The smallest absolute Gasteiger partial charge is 0.197 e. The molecule has 3 aliphatic rings. The Kier molecular flexibility index (Phi) is 22.1. The number of fused-ring (bicyclic) bond motifs is 2. The van der Waals surface area contributed by atoms with E-state index in [9.17, 15) is 0 Å². The van der Waals surface area contributed by atoms with Gasteiger partial charge in [0.2, 0.25) is 0 Å². The van der Waals surface area contributed by atoms with E-state index in [1.54, 1.807) is 0 Å². The lowest BCUT2D eigenvalue weighted by Crippen LogP contribution is -2.25. The molecule has 7 aromatic rings. The zero-order valence-electron chi connectivity index (χ0n) is 54.7. The number of carbonyl (C=O) groups is 2.